The van der Waals surface area contributed by atoms with Gasteiger partial charge in [0.2, 0.25) is 0 Å². The standard InChI is InChI=1S/C20H21F3N2O2/c1-27-18-5-3-2-4-17(18)19(26)25-12-10-24(11-13-25)14-15-6-8-16(9-7-15)20(21,22)23/h2-9H,10-14H2,1H3. The number of piperazine rings is 1. The van der Waals surface area contributed by atoms with E-state index in [1.54, 1.807) is 23.1 Å². The molecule has 1 saturated heterocycles. The van der Waals surface area contributed by atoms with Crippen molar-refractivity contribution in [2.45, 2.75) is 12.7 Å². The second-order valence-corrected chi connectivity index (χ2v) is 6.46. The minimum absolute atomic E-state index is 0.0679. The Morgan fingerprint density at radius 2 is 1.63 bits per heavy atom. The molecule has 4 nitrogen and oxygen atoms in total. The van der Waals surface area contributed by atoms with Crippen molar-refractivity contribution in [3.05, 3.63) is 65.2 Å². The summed E-state index contributed by atoms with van der Waals surface area (Å²) in [4.78, 5) is 16.6. The summed E-state index contributed by atoms with van der Waals surface area (Å²) in [5.41, 5.74) is 0.724. The number of rotatable bonds is 4. The first kappa shape index (κ1) is 19.2. The number of halogens is 3. The predicted molar refractivity (Wildman–Crippen MR) is 95.6 cm³/mol. The Morgan fingerprint density at radius 1 is 1.00 bits per heavy atom. The molecule has 0 spiro atoms. The number of benzene rings is 2. The van der Waals surface area contributed by atoms with Crippen molar-refractivity contribution in [1.29, 1.82) is 0 Å². The molecule has 1 aliphatic rings. The second kappa shape index (κ2) is 8.00. The Balaban J connectivity index is 1.56. The van der Waals surface area contributed by atoms with Crippen LogP contribution in [0.25, 0.3) is 0 Å². The molecule has 0 radical (unpaired) electrons. The van der Waals surface area contributed by atoms with Gasteiger partial charge in [0.25, 0.3) is 5.91 Å². The number of hydrogen-bond acceptors (Lipinski definition) is 3. The molecule has 144 valence electrons. The van der Waals surface area contributed by atoms with Crippen LogP contribution < -0.4 is 4.74 Å². The van der Waals surface area contributed by atoms with Crippen molar-refractivity contribution >= 4 is 5.91 Å². The molecule has 7 heteroatoms. The van der Waals surface area contributed by atoms with Gasteiger partial charge in [-0.05, 0) is 29.8 Å². The summed E-state index contributed by atoms with van der Waals surface area (Å²) < 4.78 is 43.2. The largest absolute Gasteiger partial charge is 0.496 e. The van der Waals surface area contributed by atoms with Gasteiger partial charge < -0.3 is 9.64 Å². The molecule has 2 aromatic rings. The molecule has 1 fully saturated rings. The zero-order valence-corrected chi connectivity index (χ0v) is 15.0. The normalized spacial score (nSPS) is 15.6. The molecule has 0 aromatic heterocycles. The van der Waals surface area contributed by atoms with E-state index >= 15 is 0 Å². The van der Waals surface area contributed by atoms with E-state index in [0.29, 0.717) is 44.0 Å². The zero-order valence-electron chi connectivity index (χ0n) is 15.0. The van der Waals surface area contributed by atoms with Crippen LogP contribution >= 0.6 is 0 Å². The summed E-state index contributed by atoms with van der Waals surface area (Å²) in [6, 6.07) is 12.4. The number of ether oxygens (including phenoxy) is 1. The Kier molecular flexibility index (Phi) is 5.70. The van der Waals surface area contributed by atoms with Crippen LogP contribution in [-0.4, -0.2) is 49.0 Å². The average molecular weight is 378 g/mol. The van der Waals surface area contributed by atoms with Gasteiger partial charge in [-0.15, -0.1) is 0 Å². The van der Waals surface area contributed by atoms with Crippen LogP contribution in [0.1, 0.15) is 21.5 Å². The molecule has 3 rings (SSSR count). The predicted octanol–water partition coefficient (Wildman–Crippen LogP) is 3.67. The van der Waals surface area contributed by atoms with Gasteiger partial charge in [-0.25, -0.2) is 0 Å². The number of para-hydroxylation sites is 1. The third kappa shape index (κ3) is 4.60. The summed E-state index contributed by atoms with van der Waals surface area (Å²) in [5.74, 6) is 0.483. The molecule has 1 aliphatic heterocycles. The summed E-state index contributed by atoms with van der Waals surface area (Å²) in [6.45, 7) is 3.04. The maximum atomic E-state index is 12.7. The first-order valence-corrected chi connectivity index (χ1v) is 8.69. The fourth-order valence-corrected chi connectivity index (χ4v) is 3.16. The quantitative estimate of drug-likeness (QED) is 0.814. The van der Waals surface area contributed by atoms with Gasteiger partial charge in [0.15, 0.2) is 0 Å². The highest BCUT2D eigenvalue weighted by atomic mass is 19.4. The molecule has 0 N–H and O–H groups in total. The van der Waals surface area contributed by atoms with E-state index in [1.807, 2.05) is 6.07 Å². The number of hydrogen-bond donors (Lipinski definition) is 0. The third-order valence-corrected chi connectivity index (χ3v) is 4.68. The van der Waals surface area contributed by atoms with E-state index in [1.165, 1.54) is 19.2 Å². The van der Waals surface area contributed by atoms with Crippen molar-refractivity contribution in [2.75, 3.05) is 33.3 Å². The Morgan fingerprint density at radius 3 is 2.22 bits per heavy atom. The molecule has 27 heavy (non-hydrogen) atoms. The summed E-state index contributed by atoms with van der Waals surface area (Å²) in [6.07, 6.45) is -4.32. The fraction of sp³-hybridized carbons (Fsp3) is 0.350. The number of carbonyl (C=O) groups excluding carboxylic acids is 1. The van der Waals surface area contributed by atoms with E-state index < -0.39 is 11.7 Å². The van der Waals surface area contributed by atoms with Gasteiger partial charge in [-0.2, -0.15) is 13.2 Å². The third-order valence-electron chi connectivity index (χ3n) is 4.68. The molecule has 0 saturated carbocycles. The van der Waals surface area contributed by atoms with Crippen LogP contribution in [0.4, 0.5) is 13.2 Å². The second-order valence-electron chi connectivity index (χ2n) is 6.46. The number of carbonyl (C=O) groups is 1. The van der Waals surface area contributed by atoms with Crippen LogP contribution in [0, 0.1) is 0 Å². The molecule has 0 atom stereocenters. The molecule has 2 aromatic carbocycles. The SMILES string of the molecule is COc1ccccc1C(=O)N1CCN(Cc2ccc(C(F)(F)F)cc2)CC1. The van der Waals surface area contributed by atoms with E-state index in [9.17, 15) is 18.0 Å². The maximum absolute atomic E-state index is 12.7. The van der Waals surface area contributed by atoms with Crippen molar-refractivity contribution in [1.82, 2.24) is 9.80 Å². The number of nitrogens with zero attached hydrogens (tertiary/aromatic N) is 2. The van der Waals surface area contributed by atoms with Crippen molar-refractivity contribution < 1.29 is 22.7 Å². The summed E-state index contributed by atoms with van der Waals surface area (Å²) in [7, 11) is 1.54. The van der Waals surface area contributed by atoms with E-state index in [-0.39, 0.29) is 5.91 Å². The topological polar surface area (TPSA) is 32.8 Å². The van der Waals surface area contributed by atoms with Crippen molar-refractivity contribution in [3.63, 3.8) is 0 Å². The monoisotopic (exact) mass is 378 g/mol. The molecular formula is C20H21F3N2O2. The van der Waals surface area contributed by atoms with E-state index in [0.717, 1.165) is 17.7 Å². The molecule has 1 amide bonds. The summed E-state index contributed by atoms with van der Waals surface area (Å²) >= 11 is 0. The van der Waals surface area contributed by atoms with Gasteiger partial charge in [0.1, 0.15) is 5.75 Å². The van der Waals surface area contributed by atoms with Gasteiger partial charge in [0, 0.05) is 32.7 Å². The van der Waals surface area contributed by atoms with Crippen LogP contribution in [-0.2, 0) is 12.7 Å². The highest BCUT2D eigenvalue weighted by Gasteiger charge is 2.30. The lowest BCUT2D eigenvalue weighted by Gasteiger charge is -2.35. The van der Waals surface area contributed by atoms with Crippen LogP contribution in [0.2, 0.25) is 0 Å². The molecular weight excluding hydrogens is 357 g/mol. The van der Waals surface area contributed by atoms with Crippen molar-refractivity contribution in [2.24, 2.45) is 0 Å². The fourth-order valence-electron chi connectivity index (χ4n) is 3.16. The maximum Gasteiger partial charge on any atom is 0.416 e. The molecule has 0 bridgehead atoms. The van der Waals surface area contributed by atoms with Gasteiger partial charge in [-0.3, -0.25) is 9.69 Å². The molecule has 0 unspecified atom stereocenters. The first-order valence-electron chi connectivity index (χ1n) is 8.69. The van der Waals surface area contributed by atoms with E-state index in [4.69, 9.17) is 4.74 Å². The minimum atomic E-state index is -4.32. The van der Waals surface area contributed by atoms with Crippen LogP contribution in [0.5, 0.6) is 5.75 Å². The number of methoxy groups -OCH3 is 1. The lowest BCUT2D eigenvalue weighted by molar-refractivity contribution is -0.137. The van der Waals surface area contributed by atoms with Crippen molar-refractivity contribution in [3.8, 4) is 5.75 Å². The van der Waals surface area contributed by atoms with E-state index in [2.05, 4.69) is 4.90 Å². The number of alkyl halides is 3. The Bertz CT molecular complexity index is 783. The highest BCUT2D eigenvalue weighted by Crippen LogP contribution is 2.29. The van der Waals surface area contributed by atoms with Crippen LogP contribution in [0.3, 0.4) is 0 Å². The van der Waals surface area contributed by atoms with Crippen LogP contribution in [0.15, 0.2) is 48.5 Å². The summed E-state index contributed by atoms with van der Waals surface area (Å²) in [5, 5.41) is 0. The van der Waals surface area contributed by atoms with Gasteiger partial charge in [-0.1, -0.05) is 24.3 Å². The first-order chi connectivity index (χ1) is 12.9. The number of amides is 1. The minimum Gasteiger partial charge on any atom is -0.496 e. The smallest absolute Gasteiger partial charge is 0.416 e. The Hall–Kier alpha value is -2.54. The molecule has 0 aliphatic carbocycles. The van der Waals surface area contributed by atoms with Gasteiger partial charge in [0.05, 0.1) is 18.2 Å². The zero-order chi connectivity index (χ0) is 19.4. The lowest BCUT2D eigenvalue weighted by atomic mass is 10.1. The Labute approximate surface area is 156 Å². The molecule has 1 heterocycles. The van der Waals surface area contributed by atoms with Gasteiger partial charge >= 0.3 is 6.18 Å². The highest BCUT2D eigenvalue weighted by molar-refractivity contribution is 5.97. The lowest BCUT2D eigenvalue weighted by Crippen LogP contribution is -2.48. The average Bonchev–Trinajstić information content (AvgIpc) is 2.68.